The van der Waals surface area contributed by atoms with E-state index in [1.165, 1.54) is 0 Å². The molecular formula is C20H22N4O. The number of carbonyl (C=O) groups excluding carboxylic acids is 1. The molecule has 4 N–H and O–H groups in total. The Hall–Kier alpha value is -2.68. The molecule has 1 heterocycles. The number of benzene rings is 2. The van der Waals surface area contributed by atoms with Crippen LogP contribution in [0, 0.1) is 11.3 Å². The third-order valence-corrected chi connectivity index (χ3v) is 4.69. The van der Waals surface area contributed by atoms with Gasteiger partial charge in [-0.25, -0.2) is 0 Å². The van der Waals surface area contributed by atoms with Gasteiger partial charge in [0.2, 0.25) is 5.91 Å². The summed E-state index contributed by atoms with van der Waals surface area (Å²) in [6, 6.07) is 17.5. The average molecular weight is 334 g/mol. The summed E-state index contributed by atoms with van der Waals surface area (Å²) in [4.78, 5) is 12.2. The fourth-order valence-electron chi connectivity index (χ4n) is 3.31. The van der Waals surface area contributed by atoms with Crippen LogP contribution in [0.1, 0.15) is 24.5 Å². The molecule has 0 radical (unpaired) electrons. The number of hydrogen-bond acceptors (Lipinski definition) is 4. The molecule has 0 aromatic heterocycles. The number of hydrogen-bond donors (Lipinski definition) is 3. The second-order valence-electron chi connectivity index (χ2n) is 6.53. The number of rotatable bonds is 4. The zero-order chi connectivity index (χ0) is 17.9. The average Bonchev–Trinajstić information content (AvgIpc) is 3.11. The summed E-state index contributed by atoms with van der Waals surface area (Å²) in [5.41, 5.74) is 8.60. The number of carbonyl (C=O) groups is 1. The quantitative estimate of drug-likeness (QED) is 0.796. The van der Waals surface area contributed by atoms with E-state index in [2.05, 4.69) is 16.7 Å². The molecule has 2 aromatic rings. The van der Waals surface area contributed by atoms with Crippen LogP contribution in [0.3, 0.4) is 0 Å². The zero-order valence-electron chi connectivity index (χ0n) is 14.3. The van der Waals surface area contributed by atoms with Crippen molar-refractivity contribution in [3.05, 3.63) is 59.7 Å². The molecule has 1 amide bonds. The molecule has 2 aromatic carbocycles. The number of nitrogens with zero attached hydrogens (tertiary/aromatic N) is 1. The first kappa shape index (κ1) is 17.2. The first-order valence-electron chi connectivity index (χ1n) is 8.44. The maximum absolute atomic E-state index is 12.2. The van der Waals surface area contributed by atoms with Crippen molar-refractivity contribution in [1.82, 2.24) is 10.6 Å². The minimum absolute atomic E-state index is 0.209. The van der Waals surface area contributed by atoms with Crippen LogP contribution in [0.4, 0.5) is 0 Å². The van der Waals surface area contributed by atoms with Crippen molar-refractivity contribution < 1.29 is 4.79 Å². The van der Waals surface area contributed by atoms with Crippen molar-refractivity contribution >= 4 is 5.91 Å². The van der Waals surface area contributed by atoms with Gasteiger partial charge in [0.1, 0.15) is 0 Å². The molecule has 3 rings (SSSR count). The van der Waals surface area contributed by atoms with Crippen LogP contribution in [0.5, 0.6) is 0 Å². The van der Waals surface area contributed by atoms with E-state index in [1.807, 2.05) is 48.5 Å². The summed E-state index contributed by atoms with van der Waals surface area (Å²) in [5.74, 6) is -0.209. The molecule has 1 aliphatic rings. The molecule has 1 fully saturated rings. The Morgan fingerprint density at radius 1 is 1.28 bits per heavy atom. The summed E-state index contributed by atoms with van der Waals surface area (Å²) in [6.07, 6.45) is 0.727. The number of nitrogens with two attached hydrogens (primary N) is 1. The zero-order valence-corrected chi connectivity index (χ0v) is 14.3. The van der Waals surface area contributed by atoms with E-state index in [1.54, 1.807) is 6.92 Å². The van der Waals surface area contributed by atoms with E-state index >= 15 is 0 Å². The van der Waals surface area contributed by atoms with Gasteiger partial charge in [0, 0.05) is 6.54 Å². The number of nitrogens with one attached hydrogen (secondary N) is 2. The molecule has 1 saturated heterocycles. The molecule has 2 atom stereocenters. The molecule has 5 heteroatoms. The fourth-order valence-corrected chi connectivity index (χ4v) is 3.31. The Morgan fingerprint density at radius 3 is 2.64 bits per heavy atom. The van der Waals surface area contributed by atoms with Gasteiger partial charge in [-0.1, -0.05) is 42.5 Å². The summed E-state index contributed by atoms with van der Waals surface area (Å²) in [7, 11) is 0. The minimum atomic E-state index is -0.592. The maximum atomic E-state index is 12.2. The second-order valence-corrected chi connectivity index (χ2v) is 6.53. The van der Waals surface area contributed by atoms with Crippen LogP contribution < -0.4 is 16.4 Å². The Kier molecular flexibility index (Phi) is 4.84. The number of nitriles is 1. The Balaban J connectivity index is 2.03. The van der Waals surface area contributed by atoms with Crippen molar-refractivity contribution in [2.24, 2.45) is 5.73 Å². The van der Waals surface area contributed by atoms with Crippen LogP contribution in [-0.4, -0.2) is 25.0 Å². The lowest BCUT2D eigenvalue weighted by atomic mass is 9.84. The highest BCUT2D eigenvalue weighted by Crippen LogP contribution is 2.33. The molecule has 0 unspecified atom stereocenters. The van der Waals surface area contributed by atoms with Crippen molar-refractivity contribution in [3.8, 4) is 17.2 Å². The second kappa shape index (κ2) is 7.06. The third-order valence-electron chi connectivity index (χ3n) is 4.69. The molecule has 0 saturated carbocycles. The van der Waals surface area contributed by atoms with E-state index in [0.717, 1.165) is 29.7 Å². The monoisotopic (exact) mass is 334 g/mol. The van der Waals surface area contributed by atoms with Gasteiger partial charge in [0.25, 0.3) is 0 Å². The van der Waals surface area contributed by atoms with Crippen LogP contribution in [-0.2, 0) is 10.3 Å². The van der Waals surface area contributed by atoms with Gasteiger partial charge in [0.05, 0.1) is 23.2 Å². The smallest absolute Gasteiger partial charge is 0.237 e. The van der Waals surface area contributed by atoms with Gasteiger partial charge in [-0.15, -0.1) is 0 Å². The SMILES string of the molecule is C[C@H](N)C(=O)N[C@]1(c2ccc(-c3ccccc3)cc2C#N)CCNC1. The fraction of sp³-hybridized carbons (Fsp3) is 0.300. The lowest BCUT2D eigenvalue weighted by molar-refractivity contribution is -0.123. The van der Waals surface area contributed by atoms with Crippen molar-refractivity contribution in [1.29, 1.82) is 5.26 Å². The highest BCUT2D eigenvalue weighted by atomic mass is 16.2. The first-order valence-corrected chi connectivity index (χ1v) is 8.44. The highest BCUT2D eigenvalue weighted by Gasteiger charge is 2.39. The molecule has 128 valence electrons. The van der Waals surface area contributed by atoms with Gasteiger partial charge in [0.15, 0.2) is 0 Å². The van der Waals surface area contributed by atoms with Gasteiger partial charge >= 0.3 is 0 Å². The van der Waals surface area contributed by atoms with E-state index in [9.17, 15) is 10.1 Å². The van der Waals surface area contributed by atoms with Gasteiger partial charge in [-0.05, 0) is 42.6 Å². The third kappa shape index (κ3) is 3.41. The summed E-state index contributed by atoms with van der Waals surface area (Å²) in [6.45, 7) is 3.03. The normalized spacial score (nSPS) is 20.7. The maximum Gasteiger partial charge on any atom is 0.237 e. The van der Waals surface area contributed by atoms with Crippen molar-refractivity contribution in [2.45, 2.75) is 24.9 Å². The van der Waals surface area contributed by atoms with Crippen LogP contribution in [0.2, 0.25) is 0 Å². The Morgan fingerprint density at radius 2 is 2.04 bits per heavy atom. The molecule has 0 aliphatic carbocycles. The van der Waals surface area contributed by atoms with Crippen LogP contribution >= 0.6 is 0 Å². The number of amides is 1. The van der Waals surface area contributed by atoms with Crippen molar-refractivity contribution in [3.63, 3.8) is 0 Å². The standard InChI is InChI=1S/C20H22N4O/c1-14(22)19(25)24-20(9-10-23-13-20)18-8-7-16(11-17(18)12-21)15-5-3-2-4-6-15/h2-8,11,14,23H,9-10,13,22H2,1H3,(H,24,25)/t14-,20+/m0/s1. The summed E-state index contributed by atoms with van der Waals surface area (Å²) < 4.78 is 0. The van der Waals surface area contributed by atoms with Crippen LogP contribution in [0.25, 0.3) is 11.1 Å². The molecule has 0 spiro atoms. The predicted octanol–water partition coefficient (Wildman–Crippen LogP) is 1.88. The Bertz CT molecular complexity index is 802. The van der Waals surface area contributed by atoms with E-state index < -0.39 is 11.6 Å². The van der Waals surface area contributed by atoms with E-state index in [4.69, 9.17) is 5.73 Å². The molecule has 1 aliphatic heterocycles. The first-order chi connectivity index (χ1) is 12.1. The van der Waals surface area contributed by atoms with E-state index in [0.29, 0.717) is 12.1 Å². The molecule has 25 heavy (non-hydrogen) atoms. The lowest BCUT2D eigenvalue weighted by Gasteiger charge is -2.32. The molecule has 5 nitrogen and oxygen atoms in total. The largest absolute Gasteiger partial charge is 0.344 e. The molecule has 0 bridgehead atoms. The minimum Gasteiger partial charge on any atom is -0.344 e. The highest BCUT2D eigenvalue weighted by molar-refractivity contribution is 5.82. The summed E-state index contributed by atoms with van der Waals surface area (Å²) in [5, 5.41) is 16.1. The van der Waals surface area contributed by atoms with Gasteiger partial charge in [-0.2, -0.15) is 5.26 Å². The predicted molar refractivity (Wildman–Crippen MR) is 97.5 cm³/mol. The Labute approximate surface area is 147 Å². The molecular weight excluding hydrogens is 312 g/mol. The van der Waals surface area contributed by atoms with E-state index in [-0.39, 0.29) is 5.91 Å². The van der Waals surface area contributed by atoms with Gasteiger partial charge in [-0.3, -0.25) is 4.79 Å². The van der Waals surface area contributed by atoms with Crippen molar-refractivity contribution in [2.75, 3.05) is 13.1 Å². The van der Waals surface area contributed by atoms with Gasteiger partial charge < -0.3 is 16.4 Å². The van der Waals surface area contributed by atoms with Crippen LogP contribution in [0.15, 0.2) is 48.5 Å². The lowest BCUT2D eigenvalue weighted by Crippen LogP contribution is -2.52. The topological polar surface area (TPSA) is 90.9 Å². The summed E-state index contributed by atoms with van der Waals surface area (Å²) >= 11 is 0.